The average molecular weight is 377 g/mol. The topological polar surface area (TPSA) is 149 Å². The van der Waals surface area contributed by atoms with E-state index in [2.05, 4.69) is 46.0 Å². The smallest absolute Gasteiger partial charge is 0.156 e. The number of hydrazone groups is 2. The largest absolute Gasteiger partial charge is 0.322 e. The van der Waals surface area contributed by atoms with Gasteiger partial charge >= 0.3 is 69.5 Å². The van der Waals surface area contributed by atoms with Gasteiger partial charge in [-0.05, 0) is 0 Å². The number of nitrogens with two attached hydrogens (primary N) is 2. The summed E-state index contributed by atoms with van der Waals surface area (Å²) in [4.78, 5) is 0. The Kier molecular flexibility index (Phi) is 36.6. The zero-order valence-corrected chi connectivity index (χ0v) is 14.7. The molecule has 0 heterocycles. The number of hydrogen-bond acceptors (Lipinski definition) is 6. The van der Waals surface area contributed by atoms with Crippen molar-refractivity contribution in [1.29, 1.82) is 11.1 Å². The molecule has 0 aromatic carbocycles. The van der Waals surface area contributed by atoms with Gasteiger partial charge in [-0.1, -0.05) is 0 Å². The van der Waals surface area contributed by atoms with Crippen molar-refractivity contribution in [2.45, 2.75) is 48.4 Å². The van der Waals surface area contributed by atoms with Gasteiger partial charge in [0.2, 0.25) is 0 Å². The minimum atomic E-state index is 0.149. The van der Waals surface area contributed by atoms with Crippen LogP contribution in [0.15, 0.2) is 20.4 Å². The molecule has 0 unspecified atom stereocenters. The fourth-order valence-corrected chi connectivity index (χ4v) is 4.95. The summed E-state index contributed by atoms with van der Waals surface area (Å²) in [7, 11) is 0. The van der Waals surface area contributed by atoms with Crippen molar-refractivity contribution in [2.75, 3.05) is 0 Å². The second-order valence-corrected chi connectivity index (χ2v) is 7.53. The molecule has 0 aromatic heterocycles. The van der Waals surface area contributed by atoms with Gasteiger partial charge in [-0.2, -0.15) is 10.2 Å². The molecule has 0 rings (SSSR count). The van der Waals surface area contributed by atoms with Crippen LogP contribution in [0.1, 0.15) is 39.5 Å². The molecule has 0 aliphatic rings. The average Bonchev–Trinajstić information content (AvgIpc) is 2.42. The Balaban J connectivity index is -0.000000219. The molecule has 8 nitrogen and oxygen atoms in total. The third kappa shape index (κ3) is 47.3. The molecule has 0 amide bonds. The first kappa shape index (κ1) is 23.1. The predicted octanol–water partition coefficient (Wildman–Crippen LogP) is 2.97. The summed E-state index contributed by atoms with van der Waals surface area (Å²) in [6.45, 7) is 4.58. The van der Waals surface area contributed by atoms with Crippen molar-refractivity contribution in [1.82, 2.24) is 0 Å². The maximum Gasteiger partial charge on any atom is 0.156 e. The predicted molar refractivity (Wildman–Crippen MR) is 80.8 cm³/mol. The van der Waals surface area contributed by atoms with Gasteiger partial charge in [0.25, 0.3) is 0 Å². The zero-order valence-electron chi connectivity index (χ0n) is 11.8. The van der Waals surface area contributed by atoms with Gasteiger partial charge in [-0.25, -0.2) is 11.1 Å². The summed E-state index contributed by atoms with van der Waals surface area (Å²) >= 11 is 0.149. The van der Waals surface area contributed by atoms with Crippen molar-refractivity contribution in [2.24, 2.45) is 32.1 Å². The normalized spacial score (nSPS) is 9.37. The van der Waals surface area contributed by atoms with E-state index >= 15 is 0 Å². The molecule has 6 N–H and O–H groups in total. The van der Waals surface area contributed by atoms with Gasteiger partial charge in [0.1, 0.15) is 0 Å². The molecule has 0 aromatic rings. The number of rotatable bonds is 8. The first-order chi connectivity index (χ1) is 9.24. The molecule has 0 saturated heterocycles. The van der Waals surface area contributed by atoms with Crippen molar-refractivity contribution in [3.05, 3.63) is 0 Å². The van der Waals surface area contributed by atoms with Crippen molar-refractivity contribution in [3.8, 4) is 0 Å². The quantitative estimate of drug-likeness (QED) is 0.0979. The number of unbranched alkanes of at least 4 members (excludes halogenated alkanes) is 2. The minimum Gasteiger partial charge on any atom is -0.322 e. The van der Waals surface area contributed by atoms with Crippen LogP contribution in [0.4, 0.5) is 0 Å². The minimum absolute atomic E-state index is 0.149. The summed E-state index contributed by atoms with van der Waals surface area (Å²) in [5.41, 5.74) is 12.0. The molecule has 0 saturated carbocycles. The van der Waals surface area contributed by atoms with Crippen LogP contribution in [0.2, 0.25) is 8.87 Å². The van der Waals surface area contributed by atoms with Gasteiger partial charge in [0, 0.05) is 0 Å². The van der Waals surface area contributed by atoms with Crippen LogP contribution in [-0.2, 0) is 0 Å². The molecule has 0 aliphatic heterocycles. The van der Waals surface area contributed by atoms with Crippen LogP contribution in [0.25, 0.3) is 0 Å². The number of nitrogens with zero attached hydrogens (tertiary/aromatic N) is 4. The Morgan fingerprint density at radius 2 is 1.26 bits per heavy atom. The van der Waals surface area contributed by atoms with E-state index in [4.69, 9.17) is 11.1 Å². The second-order valence-electron chi connectivity index (χ2n) is 3.24. The van der Waals surface area contributed by atoms with Crippen molar-refractivity contribution in [3.63, 3.8) is 0 Å². The Morgan fingerprint density at radius 1 is 0.895 bits per heavy atom. The fraction of sp³-hybridized carbons (Fsp3) is 0.800. The van der Waals surface area contributed by atoms with Crippen LogP contribution in [0, 0.1) is 11.1 Å². The molecule has 19 heavy (non-hydrogen) atoms. The Labute approximate surface area is 125 Å². The summed E-state index contributed by atoms with van der Waals surface area (Å²) < 4.78 is 3.25. The monoisotopic (exact) mass is 378 g/mol. The first-order valence-corrected chi connectivity index (χ1v) is 10.2. The summed E-state index contributed by atoms with van der Waals surface area (Å²) in [5.74, 6) is 8.99. The maximum atomic E-state index is 6.00. The molecule has 9 heteroatoms. The molecule has 0 aliphatic carbocycles. The van der Waals surface area contributed by atoms with Crippen molar-refractivity contribution >= 4 is 33.8 Å². The summed E-state index contributed by atoms with van der Waals surface area (Å²) in [6.07, 6.45) is 7.73. The van der Waals surface area contributed by atoms with E-state index in [1.807, 2.05) is 0 Å². The standard InChI is InChI=1S/2C4H9.2CH4N4.Sn/c2*1-3-4-2;2*2-4-1-5-3;/h2*1,3-4H2,2H3;2*1-2H,3H2;. The number of hydrogen-bond donors (Lipinski definition) is 4. The van der Waals surface area contributed by atoms with Gasteiger partial charge in [-0.3, -0.25) is 0 Å². The Hall–Kier alpha value is -1.06. The molecule has 110 valence electrons. The SMILES string of the molecule is CCC[CH2][Sn][CH2]CCC.N=NC=NN.N=NC=NN. The van der Waals surface area contributed by atoms with Gasteiger partial charge < -0.3 is 11.7 Å². The molecule has 2 radical (unpaired) electrons. The maximum absolute atomic E-state index is 6.00. The van der Waals surface area contributed by atoms with E-state index < -0.39 is 0 Å². The third-order valence-electron chi connectivity index (χ3n) is 1.66. The van der Waals surface area contributed by atoms with E-state index in [1.165, 1.54) is 25.7 Å². The third-order valence-corrected chi connectivity index (χ3v) is 5.70. The van der Waals surface area contributed by atoms with E-state index in [0.717, 1.165) is 12.7 Å². The first-order valence-electron chi connectivity index (χ1n) is 6.12. The van der Waals surface area contributed by atoms with E-state index in [0.29, 0.717) is 0 Å². The van der Waals surface area contributed by atoms with E-state index in [9.17, 15) is 0 Å². The van der Waals surface area contributed by atoms with E-state index in [-0.39, 0.29) is 21.1 Å². The Bertz CT molecular complexity index is 198. The van der Waals surface area contributed by atoms with Gasteiger partial charge in [0.05, 0.1) is 0 Å². The van der Waals surface area contributed by atoms with Gasteiger partial charge in [0.15, 0.2) is 12.7 Å². The van der Waals surface area contributed by atoms with Crippen LogP contribution in [0.5, 0.6) is 0 Å². The molecule has 0 spiro atoms. The zero-order chi connectivity index (χ0) is 15.2. The molecule has 0 fully saturated rings. The fourth-order valence-electron chi connectivity index (χ4n) is 0.795. The van der Waals surface area contributed by atoms with Crippen LogP contribution < -0.4 is 11.7 Å². The van der Waals surface area contributed by atoms with Crippen LogP contribution in [0.3, 0.4) is 0 Å². The molecular weight excluding hydrogens is 351 g/mol. The number of nitrogens with one attached hydrogen (secondary N) is 2. The summed E-state index contributed by atoms with van der Waals surface area (Å²) in [6, 6.07) is 0. The van der Waals surface area contributed by atoms with Gasteiger partial charge in [-0.15, -0.1) is 10.2 Å². The Morgan fingerprint density at radius 3 is 1.42 bits per heavy atom. The second kappa shape index (κ2) is 30.2. The molecule has 0 bridgehead atoms. The van der Waals surface area contributed by atoms with Crippen LogP contribution >= 0.6 is 0 Å². The van der Waals surface area contributed by atoms with Crippen LogP contribution in [-0.4, -0.2) is 33.8 Å². The molecule has 0 atom stereocenters. The molecular formula is C10H26N8Sn. The summed E-state index contributed by atoms with van der Waals surface area (Å²) in [5, 5.41) is 11.1. The van der Waals surface area contributed by atoms with Crippen molar-refractivity contribution < 1.29 is 0 Å². The van der Waals surface area contributed by atoms with E-state index in [1.54, 1.807) is 8.87 Å².